The van der Waals surface area contributed by atoms with Gasteiger partial charge in [-0.15, -0.1) is 0 Å². The zero-order chi connectivity index (χ0) is 20.1. The predicted molar refractivity (Wildman–Crippen MR) is 104 cm³/mol. The normalized spacial score (nSPS) is 19.9. The second kappa shape index (κ2) is 9.05. The molecule has 1 aliphatic carbocycles. The van der Waals surface area contributed by atoms with Crippen molar-refractivity contribution in [3.63, 3.8) is 0 Å². The topological polar surface area (TPSA) is 92.8 Å². The summed E-state index contributed by atoms with van der Waals surface area (Å²) in [6.07, 6.45) is 6.02. The van der Waals surface area contributed by atoms with E-state index >= 15 is 0 Å². The van der Waals surface area contributed by atoms with Crippen molar-refractivity contribution in [3.8, 4) is 0 Å². The van der Waals surface area contributed by atoms with E-state index in [-0.39, 0.29) is 22.4 Å². The van der Waals surface area contributed by atoms with Gasteiger partial charge in [-0.1, -0.05) is 25.3 Å². The predicted octanol–water partition coefficient (Wildman–Crippen LogP) is 2.47. The maximum absolute atomic E-state index is 12.7. The molecule has 3 rings (SSSR count). The summed E-state index contributed by atoms with van der Waals surface area (Å²) in [6.45, 7) is 2.52. The Morgan fingerprint density at radius 2 is 1.79 bits per heavy atom. The Labute approximate surface area is 166 Å². The average Bonchev–Trinajstić information content (AvgIpc) is 3.24. The molecule has 0 aromatic heterocycles. The van der Waals surface area contributed by atoms with Crippen LogP contribution in [-0.4, -0.2) is 49.8 Å². The second-order valence-corrected chi connectivity index (χ2v) is 9.47. The maximum atomic E-state index is 12.7. The zero-order valence-electron chi connectivity index (χ0n) is 16.2. The molecule has 1 aromatic rings. The maximum Gasteiger partial charge on any atom is 0.338 e. The van der Waals surface area contributed by atoms with Gasteiger partial charge in [0.25, 0.3) is 5.91 Å². The molecule has 0 unspecified atom stereocenters. The Kier molecular flexibility index (Phi) is 6.72. The molecule has 2 fully saturated rings. The number of sulfonamides is 1. The fourth-order valence-corrected chi connectivity index (χ4v) is 5.27. The quantitative estimate of drug-likeness (QED) is 0.730. The summed E-state index contributed by atoms with van der Waals surface area (Å²) >= 11 is 0. The average molecular weight is 409 g/mol. The number of hydrogen-bond donors (Lipinski definition) is 1. The van der Waals surface area contributed by atoms with Gasteiger partial charge >= 0.3 is 5.97 Å². The number of amides is 1. The number of carbonyl (C=O) groups excluding carboxylic acids is 2. The molecule has 1 atom stereocenters. The lowest BCUT2D eigenvalue weighted by Crippen LogP contribution is -2.42. The molecular formula is C20H28N2O5S. The number of nitrogens with one attached hydrogen (secondary N) is 1. The summed E-state index contributed by atoms with van der Waals surface area (Å²) in [5.41, 5.74) is 0.123. The van der Waals surface area contributed by atoms with Crippen molar-refractivity contribution in [2.45, 2.75) is 68.9 Å². The van der Waals surface area contributed by atoms with Crippen LogP contribution in [0.2, 0.25) is 0 Å². The first-order valence-electron chi connectivity index (χ1n) is 9.99. The van der Waals surface area contributed by atoms with Crippen molar-refractivity contribution < 1.29 is 22.7 Å². The first-order valence-corrected chi connectivity index (χ1v) is 11.4. The number of hydrogen-bond acceptors (Lipinski definition) is 5. The van der Waals surface area contributed by atoms with E-state index in [1.165, 1.54) is 41.9 Å². The minimum absolute atomic E-state index is 0.0724. The third-order valence-corrected chi connectivity index (χ3v) is 7.27. The van der Waals surface area contributed by atoms with E-state index in [1.54, 1.807) is 0 Å². The molecule has 0 bridgehead atoms. The Bertz CT molecular complexity index is 812. The number of benzene rings is 1. The highest BCUT2D eigenvalue weighted by Gasteiger charge is 2.28. The van der Waals surface area contributed by atoms with Gasteiger partial charge in [0.15, 0.2) is 6.10 Å². The van der Waals surface area contributed by atoms with Crippen LogP contribution in [-0.2, 0) is 19.6 Å². The lowest BCUT2D eigenvalue weighted by atomic mass is 9.95. The van der Waals surface area contributed by atoms with Crippen LogP contribution in [0.25, 0.3) is 0 Å². The molecule has 1 aromatic carbocycles. The van der Waals surface area contributed by atoms with Crippen LogP contribution in [0.5, 0.6) is 0 Å². The summed E-state index contributed by atoms with van der Waals surface area (Å²) in [6, 6.07) is 5.95. The van der Waals surface area contributed by atoms with Gasteiger partial charge in [-0.25, -0.2) is 13.2 Å². The lowest BCUT2D eigenvalue weighted by Gasteiger charge is -2.24. The summed E-state index contributed by atoms with van der Waals surface area (Å²) in [7, 11) is -3.61. The van der Waals surface area contributed by atoms with Gasteiger partial charge < -0.3 is 10.1 Å². The number of nitrogens with zero attached hydrogens (tertiary/aromatic N) is 1. The van der Waals surface area contributed by atoms with Gasteiger partial charge in [0.05, 0.1) is 10.5 Å². The molecule has 8 heteroatoms. The molecule has 2 aliphatic rings. The van der Waals surface area contributed by atoms with Crippen molar-refractivity contribution in [1.82, 2.24) is 9.62 Å². The van der Waals surface area contributed by atoms with Crippen molar-refractivity contribution in [2.24, 2.45) is 0 Å². The summed E-state index contributed by atoms with van der Waals surface area (Å²) in [5.74, 6) is -1.02. The highest BCUT2D eigenvalue weighted by atomic mass is 32.2. The second-order valence-electron chi connectivity index (χ2n) is 7.53. The Morgan fingerprint density at radius 1 is 1.11 bits per heavy atom. The first kappa shape index (κ1) is 20.8. The summed E-state index contributed by atoms with van der Waals surface area (Å²) in [5, 5.41) is 2.93. The van der Waals surface area contributed by atoms with Crippen LogP contribution >= 0.6 is 0 Å². The van der Waals surface area contributed by atoms with Gasteiger partial charge in [-0.2, -0.15) is 4.31 Å². The third-order valence-electron chi connectivity index (χ3n) is 5.38. The van der Waals surface area contributed by atoms with Crippen LogP contribution in [0.3, 0.4) is 0 Å². The monoisotopic (exact) mass is 408 g/mol. The van der Waals surface area contributed by atoms with Crippen LogP contribution < -0.4 is 5.32 Å². The van der Waals surface area contributed by atoms with Crippen LogP contribution in [0, 0.1) is 0 Å². The van der Waals surface area contributed by atoms with E-state index < -0.39 is 22.1 Å². The smallest absolute Gasteiger partial charge is 0.338 e. The van der Waals surface area contributed by atoms with Crippen molar-refractivity contribution in [2.75, 3.05) is 13.1 Å². The highest BCUT2D eigenvalue weighted by molar-refractivity contribution is 7.89. The Balaban J connectivity index is 1.63. The van der Waals surface area contributed by atoms with E-state index in [0.717, 1.165) is 38.5 Å². The molecule has 0 spiro atoms. The van der Waals surface area contributed by atoms with E-state index in [2.05, 4.69) is 5.32 Å². The number of esters is 1. The van der Waals surface area contributed by atoms with E-state index in [4.69, 9.17) is 4.74 Å². The number of rotatable bonds is 6. The zero-order valence-corrected chi connectivity index (χ0v) is 17.0. The van der Waals surface area contributed by atoms with E-state index in [9.17, 15) is 18.0 Å². The van der Waals surface area contributed by atoms with Crippen LogP contribution in [0.1, 0.15) is 62.2 Å². The molecular weight excluding hydrogens is 380 g/mol. The summed E-state index contributed by atoms with van der Waals surface area (Å²) in [4.78, 5) is 24.8. The lowest BCUT2D eigenvalue weighted by molar-refractivity contribution is -0.130. The van der Waals surface area contributed by atoms with Gasteiger partial charge in [0, 0.05) is 19.1 Å². The molecule has 28 heavy (non-hydrogen) atoms. The fourth-order valence-electron chi connectivity index (χ4n) is 3.71. The first-order chi connectivity index (χ1) is 13.4. The van der Waals surface area contributed by atoms with Gasteiger partial charge in [0.1, 0.15) is 0 Å². The largest absolute Gasteiger partial charge is 0.449 e. The highest BCUT2D eigenvalue weighted by Crippen LogP contribution is 2.22. The molecule has 0 radical (unpaired) electrons. The molecule has 154 valence electrons. The van der Waals surface area contributed by atoms with Gasteiger partial charge in [0.2, 0.25) is 10.0 Å². The molecule has 7 nitrogen and oxygen atoms in total. The van der Waals surface area contributed by atoms with E-state index in [0.29, 0.717) is 13.1 Å². The number of carbonyl (C=O) groups is 2. The Hall–Kier alpha value is -1.93. The fraction of sp³-hybridized carbons (Fsp3) is 0.600. The molecule has 1 saturated carbocycles. The van der Waals surface area contributed by atoms with E-state index in [1.807, 2.05) is 0 Å². The van der Waals surface area contributed by atoms with Crippen molar-refractivity contribution in [3.05, 3.63) is 29.8 Å². The minimum atomic E-state index is -3.61. The molecule has 1 N–H and O–H groups in total. The third kappa shape index (κ3) is 4.91. The molecule has 1 amide bonds. The SMILES string of the molecule is C[C@H](OC(=O)c1cccc(S(=O)(=O)N2CCCC2)c1)C(=O)NC1CCCCC1. The van der Waals surface area contributed by atoms with Crippen molar-refractivity contribution in [1.29, 1.82) is 0 Å². The minimum Gasteiger partial charge on any atom is -0.449 e. The standard InChI is InChI=1S/C20H28N2O5S/c1-15(19(23)21-17-9-3-2-4-10-17)27-20(24)16-8-7-11-18(14-16)28(25,26)22-12-5-6-13-22/h7-8,11,14-15,17H,2-6,9-10,12-13H2,1H3,(H,21,23)/t15-/m0/s1. The van der Waals surface area contributed by atoms with Gasteiger partial charge in [-0.05, 0) is 50.8 Å². The van der Waals surface area contributed by atoms with Crippen LogP contribution in [0.4, 0.5) is 0 Å². The van der Waals surface area contributed by atoms with Gasteiger partial charge in [-0.3, -0.25) is 4.79 Å². The summed E-state index contributed by atoms with van der Waals surface area (Å²) < 4.78 is 32.0. The number of ether oxygens (including phenoxy) is 1. The molecule has 1 saturated heterocycles. The Morgan fingerprint density at radius 3 is 2.46 bits per heavy atom. The molecule has 1 aliphatic heterocycles. The molecule has 1 heterocycles. The van der Waals surface area contributed by atoms with Crippen molar-refractivity contribution >= 4 is 21.9 Å². The van der Waals surface area contributed by atoms with Crippen LogP contribution in [0.15, 0.2) is 29.2 Å².